The predicted octanol–water partition coefficient (Wildman–Crippen LogP) is 9.47. The van der Waals surface area contributed by atoms with E-state index in [0.717, 1.165) is 53.2 Å². The number of carboxylic acid groups (broad SMARTS) is 1. The van der Waals surface area contributed by atoms with Gasteiger partial charge in [-0.3, -0.25) is 19.6 Å². The summed E-state index contributed by atoms with van der Waals surface area (Å²) in [5.41, 5.74) is 3.07. The number of ether oxygens (including phenoxy) is 3. The Kier molecular flexibility index (Phi) is 23.1. The van der Waals surface area contributed by atoms with E-state index in [1.807, 2.05) is 6.92 Å². The van der Waals surface area contributed by atoms with Gasteiger partial charge in [-0.15, -0.1) is 0 Å². The number of amides is 4. The van der Waals surface area contributed by atoms with Crippen molar-refractivity contribution in [2.24, 2.45) is 11.8 Å². The molecule has 0 spiro atoms. The maximum atomic E-state index is 15.2. The molecule has 101 heavy (non-hydrogen) atoms. The molecule has 530 valence electrons. The molecule has 0 saturated heterocycles. The smallest absolute Gasteiger partial charge is 0.408 e. The molecule has 2 aliphatic carbocycles. The topological polar surface area (TPSA) is 380 Å². The number of esters is 1. The highest BCUT2D eigenvalue weighted by Crippen LogP contribution is 2.34. The Morgan fingerprint density at radius 3 is 1.63 bits per heavy atom. The molecule has 2 saturated carbocycles. The van der Waals surface area contributed by atoms with Crippen molar-refractivity contribution in [1.82, 2.24) is 70.1 Å². The largest absolute Gasteiger partial charge is 0.480 e. The lowest BCUT2D eigenvalue weighted by atomic mass is 9.91. The number of methoxy groups -OCH3 is 1. The number of carbonyl (C=O) groups excluding carboxylic acids is 5. The number of aromatic amines is 1. The van der Waals surface area contributed by atoms with Crippen LogP contribution >= 0.6 is 0 Å². The van der Waals surface area contributed by atoms with Gasteiger partial charge in [0, 0.05) is 70.9 Å². The zero-order chi connectivity index (χ0) is 72.2. The number of carboxylic acids is 1. The summed E-state index contributed by atoms with van der Waals surface area (Å²) in [6, 6.07) is 11.8. The second-order valence-corrected chi connectivity index (χ2v) is 26.7. The highest BCUT2D eigenvalue weighted by Gasteiger charge is 2.31. The minimum atomic E-state index is -4.17. The van der Waals surface area contributed by atoms with E-state index in [0.29, 0.717) is 66.2 Å². The van der Waals surface area contributed by atoms with Crippen LogP contribution < -0.4 is 31.9 Å². The maximum Gasteiger partial charge on any atom is 0.408 e. The summed E-state index contributed by atoms with van der Waals surface area (Å²) in [6.45, 7) is 8.28. The fraction of sp³-hybridized carbons (Fsp3) is 0.353. The van der Waals surface area contributed by atoms with Crippen LogP contribution in [0.25, 0.3) is 44.8 Å². The molecule has 2 aliphatic rings. The number of anilines is 2. The highest BCUT2D eigenvalue weighted by atomic mass is 32.2. The molecule has 0 aliphatic heterocycles. The minimum absolute atomic E-state index is 0.00263. The van der Waals surface area contributed by atoms with E-state index >= 15 is 4.39 Å². The van der Waals surface area contributed by atoms with Crippen LogP contribution in [0.3, 0.4) is 0 Å². The first kappa shape index (κ1) is 72.5. The van der Waals surface area contributed by atoms with E-state index in [1.165, 1.54) is 56.0 Å². The van der Waals surface area contributed by atoms with E-state index in [2.05, 4.69) is 76.8 Å². The molecular weight excluding hydrogens is 1340 g/mol. The quantitative estimate of drug-likeness (QED) is 0.0178. The monoisotopic (exact) mass is 1410 g/mol. The number of hydrogen-bond acceptors (Lipinski definition) is 21. The number of nitrogens with one attached hydrogen (secondary N) is 7. The lowest BCUT2D eigenvalue weighted by molar-refractivity contribution is -0.144. The zero-order valence-corrected chi connectivity index (χ0v) is 56.3. The summed E-state index contributed by atoms with van der Waals surface area (Å²) < 4.78 is 102. The fourth-order valence-electron chi connectivity index (χ4n) is 11.6. The Morgan fingerprint density at radius 2 is 1.12 bits per heavy atom. The van der Waals surface area contributed by atoms with Crippen molar-refractivity contribution >= 4 is 79.7 Å². The molecule has 28 nitrogen and oxygen atoms in total. The number of aliphatic carboxylic acids is 1. The van der Waals surface area contributed by atoms with E-state index in [1.54, 1.807) is 58.2 Å². The van der Waals surface area contributed by atoms with Crippen LogP contribution in [0.5, 0.6) is 0 Å². The van der Waals surface area contributed by atoms with Crippen molar-refractivity contribution in [2.45, 2.75) is 140 Å². The average molecular weight is 1410 g/mol. The number of aromatic nitrogens is 10. The van der Waals surface area contributed by atoms with Crippen LogP contribution in [0.4, 0.5) is 38.8 Å². The van der Waals surface area contributed by atoms with Gasteiger partial charge >= 0.3 is 24.1 Å². The number of carbonyl (C=O) groups is 6. The summed E-state index contributed by atoms with van der Waals surface area (Å²) >= 11 is 0. The molecule has 1 aromatic carbocycles. The molecule has 8 heterocycles. The first-order valence-electron chi connectivity index (χ1n) is 32.2. The number of nitrogens with zero attached hydrogens (tertiary/aromatic N) is 9. The normalized spacial score (nSPS) is 16.6. The van der Waals surface area contributed by atoms with Gasteiger partial charge in [-0.25, -0.2) is 79.0 Å². The van der Waals surface area contributed by atoms with Crippen LogP contribution in [0.1, 0.15) is 117 Å². The lowest BCUT2D eigenvalue weighted by Crippen LogP contribution is -2.45. The van der Waals surface area contributed by atoms with E-state index in [-0.39, 0.29) is 105 Å². The van der Waals surface area contributed by atoms with Gasteiger partial charge in [-0.2, -0.15) is 0 Å². The van der Waals surface area contributed by atoms with E-state index in [4.69, 9.17) is 14.2 Å². The van der Waals surface area contributed by atoms with Crippen LogP contribution in [-0.2, 0) is 47.0 Å². The third kappa shape index (κ3) is 18.2. The van der Waals surface area contributed by atoms with Crippen molar-refractivity contribution in [1.29, 1.82) is 0 Å². The molecule has 9 aromatic rings. The standard InChI is InChI=1S/C38H40F2N8O7S.C30H32F2N8O5/c1-21(2)32(37(50)54-4)46-38(51)55-20-23-12-13-41-31(14-23)36(49)45-26-7-5-6-25(16-26)44-34-30(40)18-42-33(47-34)29-19-48(35-28(29)15-24(39)17-43-35)56(52,53)27-10-8-22(3)9-11-27;1-15(2)24(29(42)43)39-30(44)45-14-16-6-7-33-23(8-16)28(41)38-19-5-3-4-18(10-19)37-27-22(32)13-36-26(40-27)21-12-35-25-20(21)9-17(31)11-34-25/h8-15,17-19,21,25-26,32H,5-7,16,20H2,1-4H3,(H,45,49)(H,46,51)(H,42,44,47);6-9,11-13,15,18-19,24H,3-5,10,14H2,1-2H3,(H,34,35)(H,38,41)(H,39,44)(H,42,43)(H,36,37,40)/t25-,26+,32+;18-,19+,24+/m00/s1. The van der Waals surface area contributed by atoms with Gasteiger partial charge in [0.15, 0.2) is 40.6 Å². The number of aryl methyl sites for hydroxylation is 1. The summed E-state index contributed by atoms with van der Waals surface area (Å²) in [5, 5.41) is 26.8. The van der Waals surface area contributed by atoms with E-state index in [9.17, 15) is 55.5 Å². The van der Waals surface area contributed by atoms with Gasteiger partial charge < -0.3 is 56.2 Å². The number of pyridine rings is 4. The van der Waals surface area contributed by atoms with Crippen LogP contribution in [-0.4, -0.2) is 142 Å². The number of benzene rings is 1. The number of H-pyrrole nitrogens is 1. The number of alkyl carbamates (subject to hydrolysis) is 2. The van der Waals surface area contributed by atoms with Gasteiger partial charge in [-0.05, 0) is 130 Å². The Labute approximate surface area is 575 Å². The summed E-state index contributed by atoms with van der Waals surface area (Å²) in [5.74, 6) is -5.87. The Balaban J connectivity index is 0.000000223. The number of halogens is 4. The van der Waals surface area contributed by atoms with Gasteiger partial charge in [0.1, 0.15) is 54.0 Å². The van der Waals surface area contributed by atoms with Crippen molar-refractivity contribution in [3.8, 4) is 22.8 Å². The molecular formula is C68H72F4N16O12S. The third-order valence-corrected chi connectivity index (χ3v) is 18.4. The molecule has 4 amide bonds. The molecule has 8 N–H and O–H groups in total. The van der Waals surface area contributed by atoms with Gasteiger partial charge in [-0.1, -0.05) is 45.4 Å². The predicted molar refractivity (Wildman–Crippen MR) is 358 cm³/mol. The Morgan fingerprint density at radius 1 is 0.624 bits per heavy atom. The first-order valence-corrected chi connectivity index (χ1v) is 33.6. The minimum Gasteiger partial charge on any atom is -0.480 e. The average Bonchev–Trinajstić information content (AvgIpc) is 1.61. The maximum absolute atomic E-state index is 15.2. The highest BCUT2D eigenvalue weighted by molar-refractivity contribution is 7.90. The molecule has 0 radical (unpaired) electrons. The van der Waals surface area contributed by atoms with Crippen LogP contribution in [0.2, 0.25) is 0 Å². The third-order valence-electron chi connectivity index (χ3n) is 16.8. The Bertz CT molecular complexity index is 4660. The lowest BCUT2D eigenvalue weighted by Gasteiger charge is -2.30. The van der Waals surface area contributed by atoms with Crippen LogP contribution in [0.15, 0.2) is 115 Å². The first-order chi connectivity index (χ1) is 48.3. The Hall–Kier alpha value is -11.3. The van der Waals surface area contributed by atoms with Crippen LogP contribution in [0, 0.1) is 42.0 Å². The molecule has 0 unspecified atom stereocenters. The van der Waals surface area contributed by atoms with Crippen molar-refractivity contribution < 1.29 is 74.1 Å². The SMILES string of the molecule is CC(C)[C@@H](NC(=O)OCc1ccnc(C(=O)N[C@@H]2CCC[C@H](Nc3nc(-c4c[nH]c5ncc(F)cc45)ncc3F)C2)c1)C(=O)O.COC(=O)[C@H](NC(=O)OCc1ccnc(C(=O)N[C@@H]2CCC[C@H](Nc3nc(-c4cn(S(=O)(=O)c5ccc(C)cc5)c5ncc(F)cc45)ncc3F)C2)c1)C(C)C. The van der Waals surface area contributed by atoms with Gasteiger partial charge in [0.2, 0.25) is 0 Å². The van der Waals surface area contributed by atoms with Gasteiger partial charge in [0.05, 0.1) is 36.8 Å². The second-order valence-electron chi connectivity index (χ2n) is 24.9. The molecule has 11 rings (SSSR count). The summed E-state index contributed by atoms with van der Waals surface area (Å²) in [6.07, 6.45) is 13.0. The zero-order valence-electron chi connectivity index (χ0n) is 55.5. The number of hydrogen-bond donors (Lipinski definition) is 8. The van der Waals surface area contributed by atoms with E-state index < -0.39 is 81.3 Å². The fourth-order valence-corrected chi connectivity index (χ4v) is 12.9. The van der Waals surface area contributed by atoms with Gasteiger partial charge in [0.25, 0.3) is 21.8 Å². The number of fused-ring (bicyclic) bond motifs is 2. The molecule has 2 fully saturated rings. The second kappa shape index (κ2) is 32.2. The van der Waals surface area contributed by atoms with Crippen molar-refractivity contribution in [3.63, 3.8) is 0 Å². The van der Waals surface area contributed by atoms with Crippen molar-refractivity contribution in [3.05, 3.63) is 162 Å². The number of rotatable bonds is 22. The summed E-state index contributed by atoms with van der Waals surface area (Å²) in [7, 11) is -2.94. The molecule has 0 bridgehead atoms. The van der Waals surface area contributed by atoms with Crippen molar-refractivity contribution in [2.75, 3.05) is 17.7 Å². The molecule has 6 atom stereocenters. The molecule has 8 aromatic heterocycles. The molecule has 33 heteroatoms. The summed E-state index contributed by atoms with van der Waals surface area (Å²) in [4.78, 5) is 110.